The molecule has 0 aromatic carbocycles. The highest BCUT2D eigenvalue weighted by molar-refractivity contribution is 7.09. The molecule has 0 spiro atoms. The van der Waals surface area contributed by atoms with Gasteiger partial charge in [0.15, 0.2) is 0 Å². The van der Waals surface area contributed by atoms with Crippen molar-refractivity contribution in [3.63, 3.8) is 0 Å². The van der Waals surface area contributed by atoms with E-state index in [0.717, 1.165) is 18.8 Å². The van der Waals surface area contributed by atoms with Crippen molar-refractivity contribution in [2.24, 2.45) is 11.8 Å². The highest BCUT2D eigenvalue weighted by Gasteiger charge is 2.27. The van der Waals surface area contributed by atoms with Crippen molar-refractivity contribution in [2.45, 2.75) is 38.7 Å². The summed E-state index contributed by atoms with van der Waals surface area (Å²) < 4.78 is 0. The summed E-state index contributed by atoms with van der Waals surface area (Å²) in [5, 5.41) is 9.87. The molecule has 1 aromatic heterocycles. The van der Waals surface area contributed by atoms with Gasteiger partial charge in [0, 0.05) is 11.1 Å². The van der Waals surface area contributed by atoms with Crippen molar-refractivity contribution < 1.29 is 5.11 Å². The summed E-state index contributed by atoms with van der Waals surface area (Å²) in [6.07, 6.45) is 6.17. The normalized spacial score (nSPS) is 33.1. The van der Waals surface area contributed by atoms with Crippen LogP contribution in [0, 0.1) is 11.8 Å². The van der Waals surface area contributed by atoms with Gasteiger partial charge < -0.3 is 5.11 Å². The van der Waals surface area contributed by atoms with Crippen LogP contribution in [0.25, 0.3) is 0 Å². The molecule has 0 aliphatic heterocycles. The van der Waals surface area contributed by atoms with Crippen molar-refractivity contribution in [2.75, 3.05) is 0 Å². The molecule has 78 valence electrons. The molecule has 0 amide bonds. The molecule has 3 heteroatoms. The van der Waals surface area contributed by atoms with Crippen LogP contribution < -0.4 is 0 Å². The molecule has 1 aliphatic rings. The highest BCUT2D eigenvalue weighted by Crippen LogP contribution is 2.31. The Morgan fingerprint density at radius 2 is 2.43 bits per heavy atom. The lowest BCUT2D eigenvalue weighted by atomic mass is 9.78. The Hall–Kier alpha value is -0.410. The average Bonchev–Trinajstić information content (AvgIpc) is 2.64. The van der Waals surface area contributed by atoms with Crippen LogP contribution in [0.4, 0.5) is 0 Å². The molecule has 1 N–H and O–H groups in total. The van der Waals surface area contributed by atoms with Gasteiger partial charge in [0.25, 0.3) is 0 Å². The van der Waals surface area contributed by atoms with Crippen molar-refractivity contribution in [1.29, 1.82) is 0 Å². The molecule has 3 atom stereocenters. The first-order valence-corrected chi connectivity index (χ1v) is 6.19. The van der Waals surface area contributed by atoms with Gasteiger partial charge in [-0.25, -0.2) is 0 Å². The number of rotatable bonds is 2. The molecule has 0 bridgehead atoms. The van der Waals surface area contributed by atoms with Crippen molar-refractivity contribution >= 4 is 11.3 Å². The van der Waals surface area contributed by atoms with Crippen molar-refractivity contribution in [3.05, 3.63) is 16.6 Å². The maximum absolute atomic E-state index is 9.87. The summed E-state index contributed by atoms with van der Waals surface area (Å²) in [5.41, 5.74) is 1.87. The molecule has 1 fully saturated rings. The molecular weight excluding hydrogens is 194 g/mol. The fourth-order valence-electron chi connectivity index (χ4n) is 2.30. The van der Waals surface area contributed by atoms with E-state index in [0.29, 0.717) is 5.92 Å². The lowest BCUT2D eigenvalue weighted by Crippen LogP contribution is -2.29. The Bertz CT molecular complexity index is 273. The molecule has 1 saturated carbocycles. The number of hydrogen-bond donors (Lipinski definition) is 1. The smallest absolute Gasteiger partial charge is 0.0794 e. The fraction of sp³-hybridized carbons (Fsp3) is 0.727. The standard InChI is InChI=1S/C11H17NOS/c1-8-2-3-11(13)9(4-8)5-10-6-12-7-14-10/h6-9,11,13H,2-5H2,1H3. The van der Waals surface area contributed by atoms with Crippen LogP contribution in [0.15, 0.2) is 11.7 Å². The molecule has 0 saturated heterocycles. The molecule has 14 heavy (non-hydrogen) atoms. The minimum absolute atomic E-state index is 0.0895. The van der Waals surface area contributed by atoms with Gasteiger partial charge in [-0.15, -0.1) is 11.3 Å². The lowest BCUT2D eigenvalue weighted by Gasteiger charge is -2.31. The maximum Gasteiger partial charge on any atom is 0.0794 e. The van der Waals surface area contributed by atoms with E-state index in [9.17, 15) is 5.11 Å². The predicted molar refractivity (Wildman–Crippen MR) is 58.3 cm³/mol. The zero-order valence-corrected chi connectivity index (χ0v) is 9.33. The summed E-state index contributed by atoms with van der Waals surface area (Å²) >= 11 is 1.70. The van der Waals surface area contributed by atoms with Crippen LogP contribution in [0.1, 0.15) is 31.1 Å². The Morgan fingerprint density at radius 3 is 3.14 bits per heavy atom. The number of aromatic nitrogens is 1. The van der Waals surface area contributed by atoms with E-state index in [1.54, 1.807) is 11.3 Å². The van der Waals surface area contributed by atoms with Gasteiger partial charge in [-0.1, -0.05) is 6.92 Å². The fourth-order valence-corrected chi connectivity index (χ4v) is 2.99. The van der Waals surface area contributed by atoms with Gasteiger partial charge in [0.05, 0.1) is 11.6 Å². The molecule has 2 rings (SSSR count). The molecule has 1 aliphatic carbocycles. The van der Waals surface area contributed by atoms with Gasteiger partial charge in [-0.2, -0.15) is 0 Å². The summed E-state index contributed by atoms with van der Waals surface area (Å²) in [7, 11) is 0. The first-order valence-electron chi connectivity index (χ1n) is 5.31. The van der Waals surface area contributed by atoms with Gasteiger partial charge in [0.1, 0.15) is 0 Å². The summed E-state index contributed by atoms with van der Waals surface area (Å²) in [5.74, 6) is 1.23. The van der Waals surface area contributed by atoms with E-state index in [1.165, 1.54) is 17.7 Å². The second-order valence-electron chi connectivity index (χ2n) is 4.42. The Morgan fingerprint density at radius 1 is 1.57 bits per heavy atom. The third-order valence-corrected chi connectivity index (χ3v) is 3.95. The van der Waals surface area contributed by atoms with Crippen LogP contribution in [0.5, 0.6) is 0 Å². The van der Waals surface area contributed by atoms with E-state index in [4.69, 9.17) is 0 Å². The minimum atomic E-state index is -0.0895. The maximum atomic E-state index is 9.87. The molecule has 2 nitrogen and oxygen atoms in total. The summed E-state index contributed by atoms with van der Waals surface area (Å²) in [6, 6.07) is 0. The van der Waals surface area contributed by atoms with Crippen LogP contribution >= 0.6 is 11.3 Å². The SMILES string of the molecule is CC1CCC(O)C(Cc2cncs2)C1. The zero-order chi connectivity index (χ0) is 9.97. The van der Waals surface area contributed by atoms with Crippen molar-refractivity contribution in [3.8, 4) is 0 Å². The predicted octanol–water partition coefficient (Wildman–Crippen LogP) is 2.48. The average molecular weight is 211 g/mol. The quantitative estimate of drug-likeness (QED) is 0.815. The van der Waals surface area contributed by atoms with Crippen LogP contribution in [-0.2, 0) is 6.42 Å². The minimum Gasteiger partial charge on any atom is -0.393 e. The number of hydrogen-bond acceptors (Lipinski definition) is 3. The summed E-state index contributed by atoms with van der Waals surface area (Å²) in [4.78, 5) is 5.38. The second-order valence-corrected chi connectivity index (χ2v) is 5.39. The van der Waals surface area contributed by atoms with Crippen LogP contribution in [0.2, 0.25) is 0 Å². The topological polar surface area (TPSA) is 33.1 Å². The van der Waals surface area contributed by atoms with E-state index in [-0.39, 0.29) is 6.10 Å². The lowest BCUT2D eigenvalue weighted by molar-refractivity contribution is 0.0523. The van der Waals surface area contributed by atoms with E-state index < -0.39 is 0 Å². The molecule has 0 radical (unpaired) electrons. The van der Waals surface area contributed by atoms with Gasteiger partial charge in [0.2, 0.25) is 0 Å². The molecule has 3 unspecified atom stereocenters. The highest BCUT2D eigenvalue weighted by atomic mass is 32.1. The number of aliphatic hydroxyl groups excluding tert-OH is 1. The first kappa shape index (κ1) is 10.1. The summed E-state index contributed by atoms with van der Waals surface area (Å²) in [6.45, 7) is 2.28. The monoisotopic (exact) mass is 211 g/mol. The van der Waals surface area contributed by atoms with Crippen molar-refractivity contribution in [1.82, 2.24) is 4.98 Å². The Labute approximate surface area is 89.0 Å². The van der Waals surface area contributed by atoms with Gasteiger partial charge in [-0.05, 0) is 37.5 Å². The first-order chi connectivity index (χ1) is 6.75. The molecule has 1 aromatic rings. The Kier molecular flexibility index (Phi) is 3.19. The van der Waals surface area contributed by atoms with E-state index in [2.05, 4.69) is 11.9 Å². The van der Waals surface area contributed by atoms with Crippen LogP contribution in [0.3, 0.4) is 0 Å². The Balaban J connectivity index is 1.95. The second kappa shape index (κ2) is 4.41. The largest absolute Gasteiger partial charge is 0.393 e. The van der Waals surface area contributed by atoms with E-state index >= 15 is 0 Å². The van der Waals surface area contributed by atoms with Gasteiger partial charge >= 0.3 is 0 Å². The number of nitrogens with zero attached hydrogens (tertiary/aromatic N) is 1. The number of thiazole rings is 1. The molecule has 1 heterocycles. The third kappa shape index (κ3) is 2.34. The zero-order valence-electron chi connectivity index (χ0n) is 8.52. The van der Waals surface area contributed by atoms with E-state index in [1.807, 2.05) is 11.7 Å². The third-order valence-electron chi connectivity index (χ3n) is 3.15. The van der Waals surface area contributed by atoms with Gasteiger partial charge in [-0.3, -0.25) is 4.98 Å². The number of aliphatic hydroxyl groups is 1. The molecular formula is C11H17NOS. The van der Waals surface area contributed by atoms with Crippen LogP contribution in [-0.4, -0.2) is 16.2 Å².